The van der Waals surface area contributed by atoms with Gasteiger partial charge in [0.15, 0.2) is 0 Å². The Morgan fingerprint density at radius 1 is 1.37 bits per heavy atom. The number of nitrogens with two attached hydrogens (primary N) is 1. The van der Waals surface area contributed by atoms with Crippen LogP contribution in [-0.2, 0) is 0 Å². The van der Waals surface area contributed by atoms with Crippen LogP contribution in [0.4, 0.5) is 5.69 Å². The lowest BCUT2D eigenvalue weighted by atomic mass is 10.3. The lowest BCUT2D eigenvalue weighted by molar-refractivity contribution is 0.0951. The summed E-state index contributed by atoms with van der Waals surface area (Å²) in [7, 11) is 0. The fraction of sp³-hybridized carbons (Fsp3) is 0.154. The van der Waals surface area contributed by atoms with Crippen molar-refractivity contribution in [3.8, 4) is 5.75 Å². The highest BCUT2D eigenvalue weighted by Gasteiger charge is 2.07. The van der Waals surface area contributed by atoms with Crippen molar-refractivity contribution < 1.29 is 9.53 Å². The van der Waals surface area contributed by atoms with E-state index in [0.717, 1.165) is 0 Å². The van der Waals surface area contributed by atoms with E-state index in [9.17, 15) is 4.79 Å². The van der Waals surface area contributed by atoms with Crippen molar-refractivity contribution >= 4 is 34.5 Å². The zero-order chi connectivity index (χ0) is 13.7. The second kappa shape index (κ2) is 6.45. The normalized spacial score (nSPS) is 10.2. The molecule has 4 nitrogen and oxygen atoms in total. The molecule has 0 saturated heterocycles. The SMILES string of the molecule is Nc1cccc(OCCNC(=O)c2ccc(Cl)s2)c1. The summed E-state index contributed by atoms with van der Waals surface area (Å²) in [5.74, 6) is 0.543. The minimum absolute atomic E-state index is 0.145. The first-order chi connectivity index (χ1) is 9.15. The Balaban J connectivity index is 1.74. The molecule has 0 aliphatic rings. The van der Waals surface area contributed by atoms with Crippen molar-refractivity contribution in [2.45, 2.75) is 0 Å². The van der Waals surface area contributed by atoms with Crippen molar-refractivity contribution in [3.63, 3.8) is 0 Å². The number of amides is 1. The first-order valence-corrected chi connectivity index (χ1v) is 6.86. The van der Waals surface area contributed by atoms with Gasteiger partial charge in [0.2, 0.25) is 0 Å². The second-order valence-electron chi connectivity index (χ2n) is 3.78. The average molecular weight is 297 g/mol. The van der Waals surface area contributed by atoms with E-state index in [1.165, 1.54) is 11.3 Å². The fourth-order valence-electron chi connectivity index (χ4n) is 1.46. The van der Waals surface area contributed by atoms with Gasteiger partial charge in [-0.2, -0.15) is 0 Å². The van der Waals surface area contributed by atoms with E-state index in [0.29, 0.717) is 33.8 Å². The van der Waals surface area contributed by atoms with Crippen LogP contribution < -0.4 is 15.8 Å². The maximum absolute atomic E-state index is 11.7. The topological polar surface area (TPSA) is 64.3 Å². The largest absolute Gasteiger partial charge is 0.492 e. The Morgan fingerprint density at radius 2 is 2.21 bits per heavy atom. The number of nitrogen functional groups attached to an aromatic ring is 1. The van der Waals surface area contributed by atoms with Gasteiger partial charge in [0.1, 0.15) is 12.4 Å². The number of ether oxygens (including phenoxy) is 1. The van der Waals surface area contributed by atoms with Gasteiger partial charge in [-0.15, -0.1) is 11.3 Å². The molecule has 0 aliphatic heterocycles. The third kappa shape index (κ3) is 4.15. The molecule has 0 saturated carbocycles. The molecule has 2 rings (SSSR count). The van der Waals surface area contributed by atoms with Crippen molar-refractivity contribution in [3.05, 3.63) is 45.6 Å². The smallest absolute Gasteiger partial charge is 0.261 e. The lowest BCUT2D eigenvalue weighted by Crippen LogP contribution is -2.27. The van der Waals surface area contributed by atoms with E-state index in [4.69, 9.17) is 22.1 Å². The minimum Gasteiger partial charge on any atom is -0.492 e. The van der Waals surface area contributed by atoms with E-state index in [1.807, 2.05) is 12.1 Å². The van der Waals surface area contributed by atoms with Crippen LogP contribution in [0.1, 0.15) is 9.67 Å². The molecule has 0 spiro atoms. The zero-order valence-corrected chi connectivity index (χ0v) is 11.6. The highest BCUT2D eigenvalue weighted by Crippen LogP contribution is 2.21. The molecule has 1 aromatic heterocycles. The average Bonchev–Trinajstić information content (AvgIpc) is 2.81. The molecule has 0 radical (unpaired) electrons. The first kappa shape index (κ1) is 13.7. The van der Waals surface area contributed by atoms with Gasteiger partial charge in [-0.05, 0) is 24.3 Å². The van der Waals surface area contributed by atoms with E-state index in [-0.39, 0.29) is 5.91 Å². The molecule has 1 aromatic carbocycles. The van der Waals surface area contributed by atoms with Gasteiger partial charge in [0.05, 0.1) is 15.8 Å². The molecule has 1 heterocycles. The van der Waals surface area contributed by atoms with Crippen LogP contribution in [0, 0.1) is 0 Å². The molecular formula is C13H13ClN2O2S. The highest BCUT2D eigenvalue weighted by atomic mass is 35.5. The van der Waals surface area contributed by atoms with Crippen LogP contribution in [0.25, 0.3) is 0 Å². The highest BCUT2D eigenvalue weighted by molar-refractivity contribution is 7.17. The number of hydrogen-bond donors (Lipinski definition) is 2. The molecule has 1 amide bonds. The van der Waals surface area contributed by atoms with Gasteiger partial charge < -0.3 is 15.8 Å². The summed E-state index contributed by atoms with van der Waals surface area (Å²) in [5.41, 5.74) is 6.28. The van der Waals surface area contributed by atoms with Crippen molar-refractivity contribution in [2.24, 2.45) is 0 Å². The summed E-state index contributed by atoms with van der Waals surface area (Å²) in [6.45, 7) is 0.803. The number of carbonyl (C=O) groups excluding carboxylic acids is 1. The summed E-state index contributed by atoms with van der Waals surface area (Å²) >= 11 is 7.01. The Hall–Kier alpha value is -1.72. The Bertz CT molecular complexity index is 571. The maximum Gasteiger partial charge on any atom is 0.261 e. The van der Waals surface area contributed by atoms with E-state index in [1.54, 1.807) is 24.3 Å². The molecule has 2 aromatic rings. The number of rotatable bonds is 5. The van der Waals surface area contributed by atoms with E-state index in [2.05, 4.69) is 5.32 Å². The predicted octanol–water partition coefficient (Wildman–Crippen LogP) is 2.79. The standard InChI is InChI=1S/C13H13ClN2O2S/c14-12-5-4-11(19-12)13(17)16-6-7-18-10-3-1-2-9(15)8-10/h1-5,8H,6-7,15H2,(H,16,17). The monoisotopic (exact) mass is 296 g/mol. The molecule has 3 N–H and O–H groups in total. The van der Waals surface area contributed by atoms with Gasteiger partial charge in [-0.1, -0.05) is 17.7 Å². The minimum atomic E-state index is -0.145. The summed E-state index contributed by atoms with van der Waals surface area (Å²) in [6, 6.07) is 10.6. The lowest BCUT2D eigenvalue weighted by Gasteiger charge is -2.07. The first-order valence-electron chi connectivity index (χ1n) is 5.67. The number of benzene rings is 1. The Morgan fingerprint density at radius 3 is 2.89 bits per heavy atom. The van der Waals surface area contributed by atoms with Crippen molar-refractivity contribution in [1.82, 2.24) is 5.32 Å². The molecule has 19 heavy (non-hydrogen) atoms. The van der Waals surface area contributed by atoms with Crippen molar-refractivity contribution in [2.75, 3.05) is 18.9 Å². The summed E-state index contributed by atoms with van der Waals surface area (Å²) in [5, 5.41) is 2.75. The number of hydrogen-bond acceptors (Lipinski definition) is 4. The molecular weight excluding hydrogens is 284 g/mol. The van der Waals surface area contributed by atoms with Crippen LogP contribution in [-0.4, -0.2) is 19.1 Å². The van der Waals surface area contributed by atoms with Gasteiger partial charge in [-0.3, -0.25) is 4.79 Å². The number of halogens is 1. The number of anilines is 1. The molecule has 6 heteroatoms. The molecule has 0 unspecified atom stereocenters. The molecule has 0 fully saturated rings. The Labute approximate surface area is 120 Å². The van der Waals surface area contributed by atoms with Crippen LogP contribution in [0.5, 0.6) is 5.75 Å². The number of carbonyl (C=O) groups is 1. The maximum atomic E-state index is 11.7. The van der Waals surface area contributed by atoms with Gasteiger partial charge in [0.25, 0.3) is 5.91 Å². The van der Waals surface area contributed by atoms with Gasteiger partial charge >= 0.3 is 0 Å². The zero-order valence-electron chi connectivity index (χ0n) is 10.1. The molecule has 0 aliphatic carbocycles. The van der Waals surface area contributed by atoms with Crippen LogP contribution in [0.15, 0.2) is 36.4 Å². The Kier molecular flexibility index (Phi) is 4.65. The van der Waals surface area contributed by atoms with Crippen LogP contribution >= 0.6 is 22.9 Å². The van der Waals surface area contributed by atoms with Crippen LogP contribution in [0.2, 0.25) is 4.34 Å². The third-order valence-electron chi connectivity index (χ3n) is 2.31. The van der Waals surface area contributed by atoms with Crippen LogP contribution in [0.3, 0.4) is 0 Å². The number of nitrogens with one attached hydrogen (secondary N) is 1. The van der Waals surface area contributed by atoms with Gasteiger partial charge in [0, 0.05) is 11.8 Å². The fourth-order valence-corrected chi connectivity index (χ4v) is 2.42. The molecule has 100 valence electrons. The molecule has 0 bridgehead atoms. The quantitative estimate of drug-likeness (QED) is 0.659. The second-order valence-corrected chi connectivity index (χ2v) is 5.50. The van der Waals surface area contributed by atoms with Gasteiger partial charge in [-0.25, -0.2) is 0 Å². The molecule has 0 atom stereocenters. The van der Waals surface area contributed by atoms with E-state index < -0.39 is 0 Å². The summed E-state index contributed by atoms with van der Waals surface area (Å²) in [6.07, 6.45) is 0. The van der Waals surface area contributed by atoms with E-state index >= 15 is 0 Å². The van der Waals surface area contributed by atoms with Crippen molar-refractivity contribution in [1.29, 1.82) is 0 Å². The predicted molar refractivity (Wildman–Crippen MR) is 78.0 cm³/mol. The summed E-state index contributed by atoms with van der Waals surface area (Å²) < 4.78 is 6.06. The third-order valence-corrected chi connectivity index (χ3v) is 3.54. The number of thiophene rings is 1. The summed E-state index contributed by atoms with van der Waals surface area (Å²) in [4.78, 5) is 12.3.